The Kier molecular flexibility index (Phi) is 6.94. The van der Waals surface area contributed by atoms with Gasteiger partial charge in [0.05, 0.1) is 12.1 Å². The second-order valence-corrected chi connectivity index (χ2v) is 8.90. The third-order valence-corrected chi connectivity index (χ3v) is 6.34. The average molecular weight is 444 g/mol. The second kappa shape index (κ2) is 9.86. The van der Waals surface area contributed by atoms with Crippen molar-refractivity contribution in [2.75, 3.05) is 20.1 Å². The smallest absolute Gasteiger partial charge is 0.318 e. The van der Waals surface area contributed by atoms with Gasteiger partial charge in [-0.25, -0.2) is 13.6 Å². The first-order valence-electron chi connectivity index (χ1n) is 11.4. The number of halogens is 2. The molecule has 0 bridgehead atoms. The Morgan fingerprint density at radius 3 is 2.44 bits per heavy atom. The molecule has 1 saturated carbocycles. The first kappa shape index (κ1) is 22.5. The van der Waals surface area contributed by atoms with Gasteiger partial charge in [0.1, 0.15) is 17.4 Å². The summed E-state index contributed by atoms with van der Waals surface area (Å²) in [5, 5.41) is 3.00. The van der Waals surface area contributed by atoms with E-state index in [1.165, 1.54) is 12.1 Å². The van der Waals surface area contributed by atoms with Crippen LogP contribution in [0.1, 0.15) is 49.8 Å². The van der Waals surface area contributed by atoms with E-state index in [0.29, 0.717) is 18.2 Å². The summed E-state index contributed by atoms with van der Waals surface area (Å²) in [5.41, 5.74) is 1.28. The van der Waals surface area contributed by atoms with Crippen LogP contribution in [0.3, 0.4) is 0 Å². The zero-order valence-corrected chi connectivity index (χ0v) is 18.7. The maximum Gasteiger partial charge on any atom is 0.318 e. The Morgan fingerprint density at radius 1 is 1.12 bits per heavy atom. The summed E-state index contributed by atoms with van der Waals surface area (Å²) >= 11 is 0. The molecule has 4 rings (SSSR count). The van der Waals surface area contributed by atoms with Crippen LogP contribution in [-0.4, -0.2) is 48.1 Å². The van der Waals surface area contributed by atoms with Gasteiger partial charge in [0.15, 0.2) is 0 Å². The third kappa shape index (κ3) is 5.57. The van der Waals surface area contributed by atoms with Crippen LogP contribution >= 0.6 is 0 Å². The largest absolute Gasteiger partial charge is 0.490 e. The number of nitrogens with one attached hydrogen (secondary N) is 1. The molecule has 2 amide bonds. The number of rotatable bonds is 7. The van der Waals surface area contributed by atoms with E-state index in [1.54, 1.807) is 11.8 Å². The van der Waals surface area contributed by atoms with Crippen LogP contribution in [0.4, 0.5) is 13.6 Å². The normalized spacial score (nSPS) is 18.2. The lowest BCUT2D eigenvalue weighted by Crippen LogP contribution is -2.51. The highest BCUT2D eigenvalue weighted by atomic mass is 19.1. The highest BCUT2D eigenvalue weighted by molar-refractivity contribution is 5.75. The molecule has 2 aliphatic rings. The van der Waals surface area contributed by atoms with Crippen molar-refractivity contribution < 1.29 is 18.3 Å². The summed E-state index contributed by atoms with van der Waals surface area (Å²) in [6.07, 6.45) is 4.18. The number of carbonyl (C=O) groups is 1. The molecule has 5 nitrogen and oxygen atoms in total. The van der Waals surface area contributed by atoms with Crippen LogP contribution < -0.4 is 10.1 Å². The first-order valence-corrected chi connectivity index (χ1v) is 11.4. The predicted octanol–water partition coefficient (Wildman–Crippen LogP) is 4.87. The van der Waals surface area contributed by atoms with E-state index in [1.807, 2.05) is 24.3 Å². The molecule has 1 aliphatic carbocycles. The summed E-state index contributed by atoms with van der Waals surface area (Å²) in [4.78, 5) is 17.2. The van der Waals surface area contributed by atoms with Crippen LogP contribution in [-0.2, 0) is 6.54 Å². The van der Waals surface area contributed by atoms with Crippen LogP contribution in [0, 0.1) is 11.6 Å². The quantitative estimate of drug-likeness (QED) is 0.664. The molecular weight excluding hydrogens is 412 g/mol. The number of amides is 2. The maximum absolute atomic E-state index is 14.5. The summed E-state index contributed by atoms with van der Waals surface area (Å²) in [6.45, 7) is 3.91. The Morgan fingerprint density at radius 2 is 1.81 bits per heavy atom. The molecule has 1 saturated heterocycles. The van der Waals surface area contributed by atoms with Crippen molar-refractivity contribution in [3.8, 4) is 5.75 Å². The molecule has 1 atom stereocenters. The zero-order chi connectivity index (χ0) is 22.7. The predicted molar refractivity (Wildman–Crippen MR) is 119 cm³/mol. The molecular formula is C25H31F2N3O2. The van der Waals surface area contributed by atoms with Crippen molar-refractivity contribution in [1.82, 2.24) is 15.1 Å². The lowest BCUT2D eigenvalue weighted by Gasteiger charge is -2.40. The topological polar surface area (TPSA) is 44.8 Å². The Balaban J connectivity index is 1.46. The van der Waals surface area contributed by atoms with Crippen molar-refractivity contribution in [3.63, 3.8) is 0 Å². The van der Waals surface area contributed by atoms with Gasteiger partial charge in [0.2, 0.25) is 0 Å². The van der Waals surface area contributed by atoms with Gasteiger partial charge in [-0.2, -0.15) is 0 Å². The van der Waals surface area contributed by atoms with Gasteiger partial charge >= 0.3 is 6.03 Å². The van der Waals surface area contributed by atoms with Gasteiger partial charge in [-0.3, -0.25) is 0 Å². The number of piperidine rings is 1. The fraction of sp³-hybridized carbons (Fsp3) is 0.480. The van der Waals surface area contributed by atoms with Crippen molar-refractivity contribution in [2.45, 2.75) is 57.3 Å². The highest BCUT2D eigenvalue weighted by Crippen LogP contribution is 2.30. The number of benzene rings is 2. The first-order chi connectivity index (χ1) is 15.4. The van der Waals surface area contributed by atoms with E-state index >= 15 is 0 Å². The van der Waals surface area contributed by atoms with E-state index in [4.69, 9.17) is 4.74 Å². The van der Waals surface area contributed by atoms with E-state index < -0.39 is 17.7 Å². The Labute approximate surface area is 188 Å². The molecule has 1 N–H and O–H groups in total. The molecule has 7 heteroatoms. The fourth-order valence-corrected chi connectivity index (χ4v) is 4.25. The van der Waals surface area contributed by atoms with Gasteiger partial charge in [0, 0.05) is 24.2 Å². The van der Waals surface area contributed by atoms with Gasteiger partial charge in [0.25, 0.3) is 0 Å². The van der Waals surface area contributed by atoms with E-state index in [0.717, 1.165) is 56.2 Å². The molecule has 32 heavy (non-hydrogen) atoms. The van der Waals surface area contributed by atoms with Gasteiger partial charge in [-0.1, -0.05) is 18.2 Å². The molecule has 2 aromatic carbocycles. The Bertz CT molecular complexity index is 925. The van der Waals surface area contributed by atoms with Crippen molar-refractivity contribution in [1.29, 1.82) is 0 Å². The number of ether oxygens (including phenoxy) is 1. The molecule has 1 heterocycles. The highest BCUT2D eigenvalue weighted by Gasteiger charge is 2.32. The number of urea groups is 1. The second-order valence-electron chi connectivity index (χ2n) is 8.90. The van der Waals surface area contributed by atoms with Gasteiger partial charge in [-0.05, 0) is 76.5 Å². The number of carbonyl (C=O) groups excluding carboxylic acids is 1. The molecule has 0 aromatic heterocycles. The molecule has 0 unspecified atom stereocenters. The lowest BCUT2D eigenvalue weighted by atomic mass is 9.98. The minimum absolute atomic E-state index is 0.0139. The van der Waals surface area contributed by atoms with E-state index in [9.17, 15) is 13.6 Å². The fourth-order valence-electron chi connectivity index (χ4n) is 4.25. The standard InChI is InChI=1S/C25H31F2N3O2/c1-17(23-10-5-19(26)15-24(23)27)30(20-11-13-29(2)14-12-20)25(31)28-16-18-3-6-21(7-4-18)32-22-8-9-22/h3-7,10,15,17,20,22H,8-9,11-14,16H2,1-2H3,(H,28,31)/t17-/m1/s1. The SMILES string of the molecule is C[C@H](c1ccc(F)cc1F)N(C(=O)NCc1ccc(OC2CC2)cc1)C1CCN(C)CC1. The Hall–Kier alpha value is -2.67. The minimum atomic E-state index is -0.630. The van der Waals surface area contributed by atoms with Crippen LogP contribution in [0.5, 0.6) is 5.75 Å². The van der Waals surface area contributed by atoms with Crippen LogP contribution in [0.2, 0.25) is 0 Å². The number of nitrogens with zero attached hydrogens (tertiary/aromatic N) is 2. The summed E-state index contributed by atoms with van der Waals surface area (Å²) < 4.78 is 33.7. The molecule has 0 spiro atoms. The van der Waals surface area contributed by atoms with Gasteiger partial charge < -0.3 is 19.9 Å². The minimum Gasteiger partial charge on any atom is -0.490 e. The summed E-state index contributed by atoms with van der Waals surface area (Å²) in [5.74, 6) is -0.409. The zero-order valence-electron chi connectivity index (χ0n) is 18.7. The number of hydrogen-bond donors (Lipinski definition) is 1. The average Bonchev–Trinajstić information content (AvgIpc) is 3.59. The number of hydrogen-bond acceptors (Lipinski definition) is 3. The lowest BCUT2D eigenvalue weighted by molar-refractivity contribution is 0.106. The summed E-state index contributed by atoms with van der Waals surface area (Å²) in [6, 6.07) is 10.5. The molecule has 1 aliphatic heterocycles. The maximum atomic E-state index is 14.5. The molecule has 172 valence electrons. The van der Waals surface area contributed by atoms with Crippen molar-refractivity contribution in [2.24, 2.45) is 0 Å². The van der Waals surface area contributed by atoms with Crippen molar-refractivity contribution >= 4 is 6.03 Å². The third-order valence-electron chi connectivity index (χ3n) is 6.34. The molecule has 2 fully saturated rings. The van der Waals surface area contributed by atoms with Crippen LogP contribution in [0.15, 0.2) is 42.5 Å². The molecule has 2 aromatic rings. The summed E-state index contributed by atoms with van der Waals surface area (Å²) in [7, 11) is 2.06. The number of likely N-dealkylation sites (tertiary alicyclic amines) is 1. The monoisotopic (exact) mass is 443 g/mol. The van der Waals surface area contributed by atoms with Crippen molar-refractivity contribution in [3.05, 3.63) is 65.2 Å². The molecule has 0 radical (unpaired) electrons. The van der Waals surface area contributed by atoms with E-state index in [2.05, 4.69) is 17.3 Å². The van der Waals surface area contributed by atoms with Crippen LogP contribution in [0.25, 0.3) is 0 Å². The van der Waals surface area contributed by atoms with E-state index in [-0.39, 0.29) is 12.1 Å². The van der Waals surface area contributed by atoms with Gasteiger partial charge in [-0.15, -0.1) is 0 Å².